The van der Waals surface area contributed by atoms with Gasteiger partial charge in [0.2, 0.25) is 0 Å². The number of ether oxygens (including phenoxy) is 1. The Morgan fingerprint density at radius 3 is 2.85 bits per heavy atom. The van der Waals surface area contributed by atoms with Crippen molar-refractivity contribution < 1.29 is 23.6 Å². The molecule has 0 bridgehead atoms. The van der Waals surface area contributed by atoms with E-state index in [0.717, 1.165) is 0 Å². The third kappa shape index (κ3) is 2.91. The second-order valence-corrected chi connectivity index (χ2v) is 6.25. The predicted molar refractivity (Wildman–Crippen MR) is 95.0 cm³/mol. The van der Waals surface area contributed by atoms with Crippen LogP contribution in [0.1, 0.15) is 21.7 Å². The fourth-order valence-electron chi connectivity index (χ4n) is 3.28. The molecule has 3 aromatic rings. The maximum Gasteiger partial charge on any atom is 0.258 e. The van der Waals surface area contributed by atoms with Gasteiger partial charge >= 0.3 is 0 Å². The number of aromatic hydroxyl groups is 1. The lowest BCUT2D eigenvalue weighted by molar-refractivity contribution is 0.0725. The fraction of sp³-hybridized carbons (Fsp3) is 0.200. The van der Waals surface area contributed by atoms with E-state index in [4.69, 9.17) is 9.26 Å². The average Bonchev–Trinajstić information content (AvgIpc) is 3.11. The van der Waals surface area contributed by atoms with Gasteiger partial charge in [0.15, 0.2) is 11.5 Å². The van der Waals surface area contributed by atoms with Gasteiger partial charge in [-0.25, -0.2) is 4.39 Å². The molecule has 1 N–H and O–H groups in total. The van der Waals surface area contributed by atoms with Crippen LogP contribution in [-0.4, -0.2) is 34.7 Å². The van der Waals surface area contributed by atoms with Crippen LogP contribution in [0.15, 0.2) is 47.0 Å². The largest absolute Gasteiger partial charge is 0.504 e. The molecular formula is C20H17FN2O4. The minimum absolute atomic E-state index is 0.154. The Hall–Kier alpha value is -3.35. The van der Waals surface area contributed by atoms with Crippen molar-refractivity contribution in [1.29, 1.82) is 0 Å². The van der Waals surface area contributed by atoms with Crippen LogP contribution in [0.4, 0.5) is 4.39 Å². The summed E-state index contributed by atoms with van der Waals surface area (Å²) in [6.07, 6.45) is 0.466. The summed E-state index contributed by atoms with van der Waals surface area (Å²) < 4.78 is 24.6. The zero-order valence-electron chi connectivity index (χ0n) is 14.6. The molecule has 2 heterocycles. The van der Waals surface area contributed by atoms with Crippen LogP contribution >= 0.6 is 0 Å². The molecule has 138 valence electrons. The van der Waals surface area contributed by atoms with E-state index in [0.29, 0.717) is 35.5 Å². The van der Waals surface area contributed by atoms with Crippen LogP contribution < -0.4 is 4.74 Å². The number of hydrogen-bond donors (Lipinski definition) is 1. The highest BCUT2D eigenvalue weighted by atomic mass is 19.1. The molecule has 0 spiro atoms. The fourth-order valence-corrected chi connectivity index (χ4v) is 3.28. The molecule has 0 atom stereocenters. The van der Waals surface area contributed by atoms with Crippen molar-refractivity contribution in [3.8, 4) is 22.8 Å². The number of carbonyl (C=O) groups is 1. The number of hydrogen-bond acceptors (Lipinski definition) is 5. The van der Waals surface area contributed by atoms with E-state index < -0.39 is 5.82 Å². The Kier molecular flexibility index (Phi) is 4.27. The van der Waals surface area contributed by atoms with E-state index in [2.05, 4.69) is 5.16 Å². The van der Waals surface area contributed by atoms with Gasteiger partial charge in [-0.2, -0.15) is 0 Å². The molecule has 1 aromatic heterocycles. The van der Waals surface area contributed by atoms with E-state index in [9.17, 15) is 14.3 Å². The van der Waals surface area contributed by atoms with Gasteiger partial charge in [0.1, 0.15) is 17.3 Å². The van der Waals surface area contributed by atoms with Crippen LogP contribution in [0.2, 0.25) is 0 Å². The third-order valence-corrected chi connectivity index (χ3v) is 4.69. The van der Waals surface area contributed by atoms with Gasteiger partial charge in [-0.3, -0.25) is 4.79 Å². The number of para-hydroxylation sites is 1. The lowest BCUT2D eigenvalue weighted by Crippen LogP contribution is -2.35. The van der Waals surface area contributed by atoms with Crippen LogP contribution in [0.5, 0.6) is 11.5 Å². The van der Waals surface area contributed by atoms with Gasteiger partial charge in [-0.15, -0.1) is 0 Å². The monoisotopic (exact) mass is 368 g/mol. The quantitative estimate of drug-likeness (QED) is 0.767. The number of carbonyl (C=O) groups excluding carboxylic acids is 1. The summed E-state index contributed by atoms with van der Waals surface area (Å²) >= 11 is 0. The summed E-state index contributed by atoms with van der Waals surface area (Å²) in [4.78, 5) is 14.5. The van der Waals surface area contributed by atoms with E-state index in [1.807, 2.05) is 0 Å². The Balaban J connectivity index is 1.67. The lowest BCUT2D eigenvalue weighted by atomic mass is 10.0. The molecule has 0 unspecified atom stereocenters. The van der Waals surface area contributed by atoms with Crippen molar-refractivity contribution in [2.45, 2.75) is 13.0 Å². The van der Waals surface area contributed by atoms with E-state index in [1.54, 1.807) is 41.3 Å². The first-order valence-corrected chi connectivity index (χ1v) is 8.47. The summed E-state index contributed by atoms with van der Waals surface area (Å²) in [6, 6.07) is 11.1. The lowest BCUT2D eigenvalue weighted by Gasteiger charge is -2.26. The Bertz CT molecular complexity index is 1010. The molecule has 0 saturated heterocycles. The van der Waals surface area contributed by atoms with Crippen molar-refractivity contribution in [2.24, 2.45) is 0 Å². The van der Waals surface area contributed by atoms with Gasteiger partial charge in [-0.05, 0) is 24.3 Å². The summed E-state index contributed by atoms with van der Waals surface area (Å²) in [5.41, 5.74) is 1.57. The average molecular weight is 368 g/mol. The molecule has 1 aliphatic rings. The Morgan fingerprint density at radius 2 is 2.07 bits per heavy atom. The zero-order chi connectivity index (χ0) is 19.0. The van der Waals surface area contributed by atoms with Crippen molar-refractivity contribution in [1.82, 2.24) is 10.1 Å². The molecule has 0 radical (unpaired) electrons. The molecule has 0 fully saturated rings. The second kappa shape index (κ2) is 6.75. The summed E-state index contributed by atoms with van der Waals surface area (Å²) in [7, 11) is 1.42. The number of amides is 1. The maximum atomic E-state index is 14.2. The number of phenols is 1. The summed E-state index contributed by atoms with van der Waals surface area (Å²) in [5, 5.41) is 14.3. The van der Waals surface area contributed by atoms with E-state index >= 15 is 0 Å². The van der Waals surface area contributed by atoms with E-state index in [-0.39, 0.29) is 29.5 Å². The van der Waals surface area contributed by atoms with Crippen molar-refractivity contribution in [2.75, 3.05) is 13.7 Å². The van der Waals surface area contributed by atoms with Gasteiger partial charge in [0.05, 0.1) is 19.2 Å². The smallest absolute Gasteiger partial charge is 0.258 e. The van der Waals surface area contributed by atoms with Gasteiger partial charge in [-0.1, -0.05) is 23.4 Å². The molecule has 1 amide bonds. The first kappa shape index (κ1) is 17.1. The topological polar surface area (TPSA) is 75.8 Å². The minimum atomic E-state index is -0.400. The van der Waals surface area contributed by atoms with Crippen LogP contribution in [-0.2, 0) is 13.0 Å². The van der Waals surface area contributed by atoms with Gasteiger partial charge < -0.3 is 19.3 Å². The van der Waals surface area contributed by atoms with Crippen LogP contribution in [0.25, 0.3) is 11.3 Å². The van der Waals surface area contributed by atoms with Crippen molar-refractivity contribution in [3.05, 3.63) is 65.2 Å². The minimum Gasteiger partial charge on any atom is -0.504 e. The van der Waals surface area contributed by atoms with Crippen LogP contribution in [0.3, 0.4) is 0 Å². The SMILES string of the molecule is COc1cccc(C(=O)N2CCc3onc(-c4ccccc4F)c3C2)c1O. The highest BCUT2D eigenvalue weighted by molar-refractivity contribution is 5.97. The molecular weight excluding hydrogens is 351 g/mol. The zero-order valence-corrected chi connectivity index (χ0v) is 14.6. The highest BCUT2D eigenvalue weighted by Crippen LogP contribution is 2.34. The first-order valence-electron chi connectivity index (χ1n) is 8.47. The molecule has 6 nitrogen and oxygen atoms in total. The van der Waals surface area contributed by atoms with Crippen molar-refractivity contribution in [3.63, 3.8) is 0 Å². The number of phenolic OH excluding ortho intramolecular Hbond substituents is 1. The maximum absolute atomic E-state index is 14.2. The number of benzene rings is 2. The Morgan fingerprint density at radius 1 is 1.26 bits per heavy atom. The van der Waals surface area contributed by atoms with Crippen molar-refractivity contribution >= 4 is 5.91 Å². The number of fused-ring (bicyclic) bond motifs is 1. The molecule has 4 rings (SSSR count). The Labute approximate surface area is 154 Å². The standard InChI is InChI=1S/C20H17FN2O4/c1-26-17-8-4-6-13(19(17)24)20(25)23-10-9-16-14(11-23)18(22-27-16)12-5-2-3-7-15(12)21/h2-8,24H,9-11H2,1H3. The normalized spacial score (nSPS) is 13.3. The number of rotatable bonds is 3. The number of halogens is 1. The first-order chi connectivity index (χ1) is 13.1. The number of methoxy groups -OCH3 is 1. The molecule has 0 saturated carbocycles. The summed E-state index contributed by atoms with van der Waals surface area (Å²) in [5.74, 6) is -0.0570. The van der Waals surface area contributed by atoms with Crippen LogP contribution in [0, 0.1) is 5.82 Å². The number of aromatic nitrogens is 1. The molecule has 1 aliphatic heterocycles. The third-order valence-electron chi connectivity index (χ3n) is 4.69. The second-order valence-electron chi connectivity index (χ2n) is 6.25. The molecule has 7 heteroatoms. The summed E-state index contributed by atoms with van der Waals surface area (Å²) in [6.45, 7) is 0.631. The van der Waals surface area contributed by atoms with Gasteiger partial charge in [0.25, 0.3) is 5.91 Å². The number of nitrogens with zero attached hydrogens (tertiary/aromatic N) is 2. The molecule has 0 aliphatic carbocycles. The highest BCUT2D eigenvalue weighted by Gasteiger charge is 2.30. The predicted octanol–water partition coefficient (Wildman–Crippen LogP) is 3.39. The molecule has 2 aromatic carbocycles. The van der Waals surface area contributed by atoms with Gasteiger partial charge in [0, 0.05) is 24.1 Å². The molecule has 27 heavy (non-hydrogen) atoms. The van der Waals surface area contributed by atoms with E-state index in [1.165, 1.54) is 13.2 Å².